The summed E-state index contributed by atoms with van der Waals surface area (Å²) in [5.74, 6) is 0.153. The van der Waals surface area contributed by atoms with Gasteiger partial charge in [-0.1, -0.05) is 32.9 Å². The van der Waals surface area contributed by atoms with E-state index in [0.29, 0.717) is 24.4 Å². The van der Waals surface area contributed by atoms with Crippen LogP contribution in [0.3, 0.4) is 0 Å². The van der Waals surface area contributed by atoms with E-state index in [2.05, 4.69) is 36.0 Å². The lowest BCUT2D eigenvalue weighted by molar-refractivity contribution is -0.145. The molecule has 1 saturated heterocycles. The third-order valence-electron chi connectivity index (χ3n) is 6.99. The number of nitrogens with two attached hydrogens (primary N) is 1. The van der Waals surface area contributed by atoms with Gasteiger partial charge in [0.1, 0.15) is 17.4 Å². The van der Waals surface area contributed by atoms with Crippen molar-refractivity contribution >= 4 is 28.8 Å². The molecule has 0 spiro atoms. The summed E-state index contributed by atoms with van der Waals surface area (Å²) in [5.41, 5.74) is 10.5. The number of carbonyl (C=O) groups excluding carboxylic acids is 2. The highest BCUT2D eigenvalue weighted by Gasteiger charge is 2.43. The Morgan fingerprint density at radius 2 is 1.87 bits per heavy atom. The molecule has 1 fully saturated rings. The van der Waals surface area contributed by atoms with Crippen molar-refractivity contribution in [1.29, 1.82) is 0 Å². The predicted molar refractivity (Wildman–Crippen MR) is 147 cm³/mol. The average molecular weight is 515 g/mol. The molecule has 3 aromatic heterocycles. The Morgan fingerprint density at radius 3 is 2.58 bits per heavy atom. The first kappa shape index (κ1) is 25.4. The summed E-state index contributed by atoms with van der Waals surface area (Å²) in [4.78, 5) is 33.2. The lowest BCUT2D eigenvalue weighted by Gasteiger charge is -2.45. The van der Waals surface area contributed by atoms with Crippen LogP contribution in [0.25, 0.3) is 27.9 Å². The summed E-state index contributed by atoms with van der Waals surface area (Å²) in [6.07, 6.45) is 5.29. The first-order valence-corrected chi connectivity index (χ1v) is 12.7. The highest BCUT2D eigenvalue weighted by molar-refractivity contribution is 6.03. The van der Waals surface area contributed by atoms with Crippen LogP contribution in [-0.2, 0) is 16.1 Å². The molecule has 0 saturated carbocycles. The smallest absolute Gasteiger partial charge is 0.252 e. The Balaban J connectivity index is 1.57. The van der Waals surface area contributed by atoms with Gasteiger partial charge in [0.05, 0.1) is 11.9 Å². The molecule has 1 aliphatic heterocycles. The summed E-state index contributed by atoms with van der Waals surface area (Å²) in [7, 11) is 0. The van der Waals surface area contributed by atoms with Crippen molar-refractivity contribution in [3.05, 3.63) is 49.1 Å². The number of amides is 2. The van der Waals surface area contributed by atoms with Crippen LogP contribution in [0.5, 0.6) is 0 Å². The molecule has 0 aliphatic carbocycles. The fraction of sp³-hybridized carbons (Fsp3) is 0.393. The Labute approximate surface area is 222 Å². The summed E-state index contributed by atoms with van der Waals surface area (Å²) in [6, 6.07) is 9.84. The molecule has 10 heteroatoms. The molecule has 38 heavy (non-hydrogen) atoms. The normalized spacial score (nSPS) is 15.9. The maximum absolute atomic E-state index is 13.4. The second-order valence-electron chi connectivity index (χ2n) is 11.6. The van der Waals surface area contributed by atoms with Crippen molar-refractivity contribution in [3.8, 4) is 22.4 Å². The number of fused-ring (bicyclic) bond motifs is 1. The van der Waals surface area contributed by atoms with Crippen molar-refractivity contribution in [1.82, 2.24) is 29.3 Å². The van der Waals surface area contributed by atoms with Crippen LogP contribution in [0.4, 0.5) is 11.5 Å². The third kappa shape index (κ3) is 4.40. The summed E-state index contributed by atoms with van der Waals surface area (Å²) >= 11 is 0. The molecule has 0 atom stereocenters. The standard InChI is InChI=1S/C28H34N8O2/c1-18(37)35-11-10-34(26(38)28(35,5)6)21-9-7-8-19(12-21)23-13-22(24-25(29)30-17-32-36(23)24)20-14-31-33(15-20)16-27(2,3)4/h7-9,12-15,17H,10-11,16H2,1-6H3,(H2,29,30,32). The maximum Gasteiger partial charge on any atom is 0.252 e. The Hall–Kier alpha value is -4.21. The molecule has 1 aliphatic rings. The van der Waals surface area contributed by atoms with Gasteiger partial charge in [-0.25, -0.2) is 9.50 Å². The zero-order valence-corrected chi connectivity index (χ0v) is 22.8. The van der Waals surface area contributed by atoms with Gasteiger partial charge in [0.2, 0.25) is 5.91 Å². The second-order valence-corrected chi connectivity index (χ2v) is 11.6. The fourth-order valence-corrected chi connectivity index (χ4v) is 5.23. The van der Waals surface area contributed by atoms with E-state index in [1.165, 1.54) is 13.3 Å². The van der Waals surface area contributed by atoms with E-state index < -0.39 is 5.54 Å². The minimum Gasteiger partial charge on any atom is -0.382 e. The summed E-state index contributed by atoms with van der Waals surface area (Å²) < 4.78 is 3.73. The van der Waals surface area contributed by atoms with Gasteiger partial charge in [0.15, 0.2) is 5.82 Å². The van der Waals surface area contributed by atoms with E-state index in [0.717, 1.165) is 34.6 Å². The minimum atomic E-state index is -0.927. The first-order valence-electron chi connectivity index (χ1n) is 12.7. The molecule has 10 nitrogen and oxygen atoms in total. The molecule has 2 amide bonds. The maximum atomic E-state index is 13.4. The van der Waals surface area contributed by atoms with Crippen LogP contribution in [0, 0.1) is 5.41 Å². The predicted octanol–water partition coefficient (Wildman–Crippen LogP) is 3.86. The number of anilines is 2. The van der Waals surface area contributed by atoms with E-state index in [-0.39, 0.29) is 17.2 Å². The monoisotopic (exact) mass is 514 g/mol. The van der Waals surface area contributed by atoms with Gasteiger partial charge in [0, 0.05) is 55.1 Å². The van der Waals surface area contributed by atoms with Gasteiger partial charge in [-0.3, -0.25) is 14.3 Å². The van der Waals surface area contributed by atoms with Crippen molar-refractivity contribution < 1.29 is 9.59 Å². The second kappa shape index (κ2) is 8.97. The van der Waals surface area contributed by atoms with Crippen molar-refractivity contribution in [2.75, 3.05) is 23.7 Å². The molecule has 4 aromatic rings. The van der Waals surface area contributed by atoms with Crippen molar-refractivity contribution in [2.24, 2.45) is 5.41 Å². The molecule has 2 N–H and O–H groups in total. The van der Waals surface area contributed by atoms with Gasteiger partial charge in [-0.2, -0.15) is 10.2 Å². The van der Waals surface area contributed by atoms with Gasteiger partial charge in [-0.15, -0.1) is 0 Å². The third-order valence-corrected chi connectivity index (χ3v) is 6.99. The Bertz CT molecular complexity index is 1540. The lowest BCUT2D eigenvalue weighted by atomic mass is 9.96. The molecular weight excluding hydrogens is 480 g/mol. The molecule has 198 valence electrons. The average Bonchev–Trinajstić information content (AvgIpc) is 3.44. The molecule has 5 rings (SSSR count). The molecule has 0 bridgehead atoms. The number of piperazine rings is 1. The highest BCUT2D eigenvalue weighted by Crippen LogP contribution is 2.36. The van der Waals surface area contributed by atoms with Gasteiger partial charge in [0.25, 0.3) is 5.91 Å². The largest absolute Gasteiger partial charge is 0.382 e. The molecule has 1 aromatic carbocycles. The molecule has 0 unspecified atom stereocenters. The van der Waals surface area contributed by atoms with Crippen LogP contribution >= 0.6 is 0 Å². The molecular formula is C28H34N8O2. The Kier molecular flexibility index (Phi) is 6.00. The van der Waals surface area contributed by atoms with Gasteiger partial charge >= 0.3 is 0 Å². The van der Waals surface area contributed by atoms with Gasteiger partial charge < -0.3 is 15.5 Å². The van der Waals surface area contributed by atoms with Crippen molar-refractivity contribution in [3.63, 3.8) is 0 Å². The van der Waals surface area contributed by atoms with E-state index >= 15 is 0 Å². The van der Waals surface area contributed by atoms with Crippen LogP contribution in [0.2, 0.25) is 0 Å². The van der Waals surface area contributed by atoms with Crippen LogP contribution < -0.4 is 10.6 Å². The topological polar surface area (TPSA) is 115 Å². The van der Waals surface area contributed by atoms with E-state index in [1.807, 2.05) is 47.4 Å². The zero-order chi connectivity index (χ0) is 27.4. The Morgan fingerprint density at radius 1 is 1.11 bits per heavy atom. The molecule has 4 heterocycles. The SMILES string of the molecule is CC(=O)N1CCN(c2cccc(-c3cc(-c4cnn(CC(C)(C)C)c4)c4c(N)ncnn34)c2)C(=O)C1(C)C. The highest BCUT2D eigenvalue weighted by atomic mass is 16.2. The number of benzene rings is 1. The number of aromatic nitrogens is 5. The van der Waals surface area contributed by atoms with E-state index in [4.69, 9.17) is 5.73 Å². The number of nitrogen functional groups attached to an aromatic ring is 1. The summed E-state index contributed by atoms with van der Waals surface area (Å²) in [6.45, 7) is 13.3. The molecule has 0 radical (unpaired) electrons. The van der Waals surface area contributed by atoms with Crippen LogP contribution in [0.15, 0.2) is 49.1 Å². The zero-order valence-electron chi connectivity index (χ0n) is 22.8. The number of carbonyl (C=O) groups is 2. The van der Waals surface area contributed by atoms with E-state index in [1.54, 1.807) is 28.2 Å². The van der Waals surface area contributed by atoms with Gasteiger partial charge in [-0.05, 0) is 37.5 Å². The fourth-order valence-electron chi connectivity index (χ4n) is 5.23. The summed E-state index contributed by atoms with van der Waals surface area (Å²) in [5, 5.41) is 9.08. The van der Waals surface area contributed by atoms with Crippen LogP contribution in [-0.4, -0.2) is 59.7 Å². The van der Waals surface area contributed by atoms with Crippen LogP contribution in [0.1, 0.15) is 41.5 Å². The number of hydrogen-bond donors (Lipinski definition) is 1. The lowest BCUT2D eigenvalue weighted by Crippen LogP contribution is -2.64. The van der Waals surface area contributed by atoms with Crippen molar-refractivity contribution in [2.45, 2.75) is 53.6 Å². The quantitative estimate of drug-likeness (QED) is 0.442. The number of hydrogen-bond acceptors (Lipinski definition) is 6. The number of rotatable bonds is 4. The first-order chi connectivity index (χ1) is 17.9. The number of nitrogens with zero attached hydrogens (tertiary/aromatic N) is 7. The van der Waals surface area contributed by atoms with E-state index in [9.17, 15) is 9.59 Å². The minimum absolute atomic E-state index is 0.0851.